The Bertz CT molecular complexity index is 331. The zero-order valence-corrected chi connectivity index (χ0v) is 7.52. The van der Waals surface area contributed by atoms with Gasteiger partial charge in [0.05, 0.1) is 0 Å². The fourth-order valence-electron chi connectivity index (χ4n) is 0.685. The number of halogens is 1. The number of nitrogens with zero attached hydrogens (tertiary/aromatic N) is 1. The fraction of sp³-hybridized carbons (Fsp3) is 0.143. The van der Waals surface area contributed by atoms with Crippen molar-refractivity contribution in [1.82, 2.24) is 0 Å². The van der Waals surface area contributed by atoms with E-state index >= 15 is 0 Å². The lowest BCUT2D eigenvalue weighted by atomic mass is 10.4. The molecule has 11 heavy (non-hydrogen) atoms. The molecule has 0 spiro atoms. The van der Waals surface area contributed by atoms with E-state index in [0.29, 0.717) is 9.92 Å². The fourth-order valence-corrected chi connectivity index (χ4v) is 1.64. The van der Waals surface area contributed by atoms with Crippen molar-refractivity contribution in [2.45, 2.75) is 4.90 Å². The van der Waals surface area contributed by atoms with Gasteiger partial charge in [-0.2, -0.15) is 10.6 Å². The molecule has 0 radical (unpaired) electrons. The lowest BCUT2D eigenvalue weighted by molar-refractivity contribution is 0.600. The Labute approximate surface area is 72.4 Å². The molecule has 60 valence electrons. The second-order valence-electron chi connectivity index (χ2n) is 1.86. The van der Waals surface area contributed by atoms with Crippen molar-refractivity contribution >= 4 is 22.2 Å². The number of benzene rings is 1. The van der Waals surface area contributed by atoms with Gasteiger partial charge in [-0.1, -0.05) is 34.7 Å². The summed E-state index contributed by atoms with van der Waals surface area (Å²) < 4.78 is 14.7. The van der Waals surface area contributed by atoms with Gasteiger partial charge in [-0.05, 0) is 6.07 Å². The minimum Gasteiger partial charge on any atom is -0.440 e. The molecule has 0 saturated carbocycles. The molecule has 2 nitrogen and oxygen atoms in total. The average Bonchev–Trinajstić information content (AvgIpc) is 2.04. The van der Waals surface area contributed by atoms with Gasteiger partial charge in [0.2, 0.25) is 0 Å². The van der Waals surface area contributed by atoms with Gasteiger partial charge in [-0.15, -0.1) is 0 Å². The predicted molar refractivity (Wildman–Crippen MR) is 46.1 cm³/mol. The minimum atomic E-state index is -1.31. The SMILES string of the molecule is CN=[S-](=O)c1ccccc1Cl. The summed E-state index contributed by atoms with van der Waals surface area (Å²) in [5, 5.41) is 0.497. The van der Waals surface area contributed by atoms with E-state index in [1.807, 2.05) is 0 Å². The second kappa shape index (κ2) is 3.74. The Morgan fingerprint density at radius 1 is 1.45 bits per heavy atom. The van der Waals surface area contributed by atoms with Gasteiger partial charge >= 0.3 is 0 Å². The summed E-state index contributed by atoms with van der Waals surface area (Å²) in [6.07, 6.45) is 0. The molecule has 0 aliphatic carbocycles. The first-order valence-electron chi connectivity index (χ1n) is 3.02. The maximum atomic E-state index is 11.1. The molecule has 0 aliphatic rings. The third-order valence-electron chi connectivity index (χ3n) is 1.19. The largest absolute Gasteiger partial charge is 0.440 e. The summed E-state index contributed by atoms with van der Waals surface area (Å²) in [5.74, 6) is 0. The average molecular weight is 189 g/mol. The molecule has 0 atom stereocenters. The lowest BCUT2D eigenvalue weighted by Gasteiger charge is -2.04. The summed E-state index contributed by atoms with van der Waals surface area (Å²) >= 11 is 5.74. The lowest BCUT2D eigenvalue weighted by Crippen LogP contribution is -1.79. The van der Waals surface area contributed by atoms with Gasteiger partial charge in [0.1, 0.15) is 0 Å². The summed E-state index contributed by atoms with van der Waals surface area (Å²) in [4.78, 5) is 0.566. The van der Waals surface area contributed by atoms with Gasteiger partial charge in [0, 0.05) is 12.1 Å². The molecule has 0 aliphatic heterocycles. The van der Waals surface area contributed by atoms with E-state index in [1.165, 1.54) is 7.05 Å². The van der Waals surface area contributed by atoms with Crippen LogP contribution in [0.25, 0.3) is 0 Å². The molecule has 0 N–H and O–H groups in total. The normalized spacial score (nSPS) is 13.3. The van der Waals surface area contributed by atoms with Crippen LogP contribution < -0.4 is 0 Å². The van der Waals surface area contributed by atoms with E-state index in [-0.39, 0.29) is 0 Å². The van der Waals surface area contributed by atoms with E-state index in [9.17, 15) is 4.21 Å². The van der Waals surface area contributed by atoms with Crippen molar-refractivity contribution < 1.29 is 4.21 Å². The van der Waals surface area contributed by atoms with Gasteiger partial charge in [-0.3, -0.25) is 0 Å². The van der Waals surface area contributed by atoms with Crippen LogP contribution >= 0.6 is 11.6 Å². The molecule has 1 aromatic carbocycles. The van der Waals surface area contributed by atoms with Crippen LogP contribution in [0.2, 0.25) is 5.02 Å². The van der Waals surface area contributed by atoms with Crippen molar-refractivity contribution in [3.63, 3.8) is 0 Å². The molecule has 4 heteroatoms. The molecule has 0 amide bonds. The van der Waals surface area contributed by atoms with E-state index in [1.54, 1.807) is 24.3 Å². The zero-order chi connectivity index (χ0) is 8.27. The molecule has 0 unspecified atom stereocenters. The van der Waals surface area contributed by atoms with Gasteiger partial charge in [0.15, 0.2) is 0 Å². The zero-order valence-electron chi connectivity index (χ0n) is 5.95. The van der Waals surface area contributed by atoms with Crippen molar-refractivity contribution in [2.24, 2.45) is 4.36 Å². The van der Waals surface area contributed by atoms with Crippen LogP contribution in [-0.4, -0.2) is 7.05 Å². The molecule has 1 rings (SSSR count). The predicted octanol–water partition coefficient (Wildman–Crippen LogP) is 2.48. The first-order valence-corrected chi connectivity index (χ1v) is 4.50. The molecular formula is C7H7ClNOS-. The highest BCUT2D eigenvalue weighted by atomic mass is 35.5. The van der Waals surface area contributed by atoms with Crippen LogP contribution in [0.3, 0.4) is 0 Å². The maximum absolute atomic E-state index is 11.1. The van der Waals surface area contributed by atoms with Gasteiger partial charge < -0.3 is 8.57 Å². The number of hydrogen-bond acceptors (Lipinski definition) is 3. The molecule has 0 aromatic heterocycles. The molecule has 0 fully saturated rings. The summed E-state index contributed by atoms with van der Waals surface area (Å²) in [6.45, 7) is 0. The van der Waals surface area contributed by atoms with Crippen molar-refractivity contribution in [1.29, 1.82) is 0 Å². The molecule has 1 aromatic rings. The van der Waals surface area contributed by atoms with Crippen LogP contribution in [0.1, 0.15) is 0 Å². The topological polar surface area (TPSA) is 29.4 Å². The van der Waals surface area contributed by atoms with Crippen molar-refractivity contribution in [3.05, 3.63) is 29.3 Å². The first kappa shape index (κ1) is 8.56. The van der Waals surface area contributed by atoms with Crippen LogP contribution in [0, 0.1) is 0 Å². The maximum Gasteiger partial charge on any atom is 0.0257 e. The molecule has 0 saturated heterocycles. The quantitative estimate of drug-likeness (QED) is 0.623. The van der Waals surface area contributed by atoms with E-state index in [4.69, 9.17) is 11.6 Å². The summed E-state index contributed by atoms with van der Waals surface area (Å²) in [6, 6.07) is 6.97. The molecule has 0 heterocycles. The number of rotatable bonds is 1. The first-order chi connectivity index (χ1) is 5.25. The van der Waals surface area contributed by atoms with Gasteiger partial charge in [0.25, 0.3) is 0 Å². The van der Waals surface area contributed by atoms with E-state index in [2.05, 4.69) is 4.36 Å². The minimum absolute atomic E-state index is 0.497. The third kappa shape index (κ3) is 1.94. The Kier molecular flexibility index (Phi) is 2.91. The highest BCUT2D eigenvalue weighted by Crippen LogP contribution is 2.16. The van der Waals surface area contributed by atoms with Gasteiger partial charge in [-0.25, -0.2) is 0 Å². The molecule has 0 bridgehead atoms. The van der Waals surface area contributed by atoms with Crippen molar-refractivity contribution in [3.8, 4) is 0 Å². The van der Waals surface area contributed by atoms with E-state index < -0.39 is 10.6 Å². The highest BCUT2D eigenvalue weighted by molar-refractivity contribution is 7.75. The standard InChI is InChI=1S/C7H7ClNOS/c1-9-11(10)7-5-3-2-4-6(7)8/h2-5H,1H3/q-1. The Hall–Kier alpha value is -0.540. The summed E-state index contributed by atoms with van der Waals surface area (Å²) in [7, 11) is 0.191. The monoisotopic (exact) mass is 188 g/mol. The Balaban J connectivity index is 3.25. The number of hydrogen-bond donors (Lipinski definition) is 0. The van der Waals surface area contributed by atoms with Crippen LogP contribution in [0.5, 0.6) is 0 Å². The summed E-state index contributed by atoms with van der Waals surface area (Å²) in [5.41, 5.74) is 0. The third-order valence-corrected chi connectivity index (χ3v) is 2.70. The molecular weight excluding hydrogens is 182 g/mol. The van der Waals surface area contributed by atoms with E-state index in [0.717, 1.165) is 0 Å². The second-order valence-corrected chi connectivity index (χ2v) is 3.57. The van der Waals surface area contributed by atoms with Crippen LogP contribution in [0.4, 0.5) is 0 Å². The van der Waals surface area contributed by atoms with Crippen molar-refractivity contribution in [2.75, 3.05) is 7.05 Å². The Morgan fingerprint density at radius 3 is 2.64 bits per heavy atom. The Morgan fingerprint density at radius 2 is 2.09 bits per heavy atom. The highest BCUT2D eigenvalue weighted by Gasteiger charge is 1.88. The smallest absolute Gasteiger partial charge is 0.0257 e. The van der Waals surface area contributed by atoms with Crippen LogP contribution in [-0.2, 0) is 14.8 Å². The van der Waals surface area contributed by atoms with Crippen LogP contribution in [0.15, 0.2) is 33.5 Å².